The first-order valence-corrected chi connectivity index (χ1v) is 5.54. The zero-order chi connectivity index (χ0) is 12.3. The minimum absolute atomic E-state index is 0.138. The number of halogens is 2. The van der Waals surface area contributed by atoms with Crippen LogP contribution in [0.3, 0.4) is 0 Å². The van der Waals surface area contributed by atoms with Crippen molar-refractivity contribution in [1.82, 2.24) is 9.97 Å². The van der Waals surface area contributed by atoms with Crippen molar-refractivity contribution in [3.8, 4) is 11.6 Å². The molecule has 0 unspecified atom stereocenters. The van der Waals surface area contributed by atoms with Gasteiger partial charge in [0.1, 0.15) is 5.82 Å². The first kappa shape index (κ1) is 11.8. The number of nitrogens with zero attached hydrogens (tertiary/aromatic N) is 2. The third kappa shape index (κ3) is 2.71. The van der Waals surface area contributed by atoms with Gasteiger partial charge in [-0.15, -0.1) is 11.6 Å². The van der Waals surface area contributed by atoms with Crippen molar-refractivity contribution in [2.75, 3.05) is 0 Å². The Hall–Kier alpha value is -1.68. The lowest BCUT2D eigenvalue weighted by Crippen LogP contribution is -1.96. The van der Waals surface area contributed by atoms with E-state index in [1.54, 1.807) is 18.3 Å². The Morgan fingerprint density at radius 2 is 2.24 bits per heavy atom. The van der Waals surface area contributed by atoms with Crippen LogP contribution in [0, 0.1) is 12.7 Å². The highest BCUT2D eigenvalue weighted by molar-refractivity contribution is 6.17. The fourth-order valence-corrected chi connectivity index (χ4v) is 1.53. The Kier molecular flexibility index (Phi) is 3.54. The van der Waals surface area contributed by atoms with Crippen LogP contribution in [-0.2, 0) is 5.88 Å². The second-order valence-electron chi connectivity index (χ2n) is 3.44. The molecule has 0 radical (unpaired) electrons. The molecule has 0 atom stereocenters. The second-order valence-corrected chi connectivity index (χ2v) is 3.71. The SMILES string of the molecule is Cc1ncccc1Oc1ncc(F)cc1CCl. The number of aryl methyl sites for hydroxylation is 1. The van der Waals surface area contributed by atoms with E-state index in [0.717, 1.165) is 11.9 Å². The van der Waals surface area contributed by atoms with E-state index in [9.17, 15) is 4.39 Å². The van der Waals surface area contributed by atoms with E-state index in [2.05, 4.69) is 9.97 Å². The molecule has 0 aliphatic rings. The van der Waals surface area contributed by atoms with Crippen LogP contribution in [0.2, 0.25) is 0 Å². The highest BCUT2D eigenvalue weighted by atomic mass is 35.5. The van der Waals surface area contributed by atoms with Gasteiger partial charge in [-0.25, -0.2) is 9.37 Å². The Morgan fingerprint density at radius 1 is 1.41 bits per heavy atom. The molecule has 0 bridgehead atoms. The van der Waals surface area contributed by atoms with Crippen molar-refractivity contribution >= 4 is 11.6 Å². The van der Waals surface area contributed by atoms with Gasteiger partial charge in [-0.1, -0.05) is 0 Å². The highest BCUT2D eigenvalue weighted by Crippen LogP contribution is 2.26. The van der Waals surface area contributed by atoms with E-state index in [0.29, 0.717) is 17.2 Å². The standard InChI is InChI=1S/C12H10ClFN2O/c1-8-11(3-2-4-15-8)17-12-9(6-13)5-10(14)7-16-12/h2-5,7H,6H2,1H3. The molecular weight excluding hydrogens is 243 g/mol. The van der Waals surface area contributed by atoms with Gasteiger partial charge in [0.15, 0.2) is 5.75 Å². The van der Waals surface area contributed by atoms with Crippen molar-refractivity contribution in [1.29, 1.82) is 0 Å². The number of pyridine rings is 2. The second kappa shape index (κ2) is 5.10. The topological polar surface area (TPSA) is 35.0 Å². The predicted molar refractivity (Wildman–Crippen MR) is 62.8 cm³/mol. The Bertz CT molecular complexity index is 534. The van der Waals surface area contributed by atoms with Crippen LogP contribution >= 0.6 is 11.6 Å². The Morgan fingerprint density at radius 3 is 2.94 bits per heavy atom. The number of ether oxygens (including phenoxy) is 1. The lowest BCUT2D eigenvalue weighted by molar-refractivity contribution is 0.448. The molecule has 0 amide bonds. The summed E-state index contributed by atoms with van der Waals surface area (Å²) in [6, 6.07) is 4.83. The zero-order valence-electron chi connectivity index (χ0n) is 9.15. The van der Waals surface area contributed by atoms with Crippen LogP contribution in [0.5, 0.6) is 11.6 Å². The molecule has 0 N–H and O–H groups in total. The van der Waals surface area contributed by atoms with Crippen molar-refractivity contribution in [2.45, 2.75) is 12.8 Å². The van der Waals surface area contributed by atoms with Crippen LogP contribution in [-0.4, -0.2) is 9.97 Å². The van der Waals surface area contributed by atoms with Crippen LogP contribution < -0.4 is 4.74 Å². The number of alkyl halides is 1. The lowest BCUT2D eigenvalue weighted by Gasteiger charge is -2.09. The molecule has 5 heteroatoms. The summed E-state index contributed by atoms with van der Waals surface area (Å²) in [6.45, 7) is 1.82. The number of rotatable bonds is 3. The minimum atomic E-state index is -0.434. The summed E-state index contributed by atoms with van der Waals surface area (Å²) in [6.07, 6.45) is 2.76. The Balaban J connectivity index is 2.33. The molecule has 0 aliphatic carbocycles. The Labute approximate surface area is 103 Å². The van der Waals surface area contributed by atoms with Gasteiger partial charge >= 0.3 is 0 Å². The van der Waals surface area contributed by atoms with E-state index < -0.39 is 5.82 Å². The molecule has 2 rings (SSSR count). The average molecular weight is 253 g/mol. The van der Waals surface area contributed by atoms with Gasteiger partial charge in [0, 0.05) is 11.8 Å². The van der Waals surface area contributed by atoms with Crippen LogP contribution in [0.1, 0.15) is 11.3 Å². The maximum absolute atomic E-state index is 13.0. The van der Waals surface area contributed by atoms with E-state index in [-0.39, 0.29) is 5.88 Å². The van der Waals surface area contributed by atoms with Crippen molar-refractivity contribution in [3.63, 3.8) is 0 Å². The fourth-order valence-electron chi connectivity index (χ4n) is 1.34. The molecule has 17 heavy (non-hydrogen) atoms. The number of aromatic nitrogens is 2. The molecule has 2 heterocycles. The van der Waals surface area contributed by atoms with Crippen molar-refractivity contribution in [2.24, 2.45) is 0 Å². The van der Waals surface area contributed by atoms with Crippen LogP contribution in [0.15, 0.2) is 30.6 Å². The molecule has 3 nitrogen and oxygen atoms in total. The normalized spacial score (nSPS) is 10.3. The largest absolute Gasteiger partial charge is 0.437 e. The van der Waals surface area contributed by atoms with E-state index in [1.807, 2.05) is 6.92 Å². The van der Waals surface area contributed by atoms with E-state index in [1.165, 1.54) is 6.07 Å². The minimum Gasteiger partial charge on any atom is -0.437 e. The van der Waals surface area contributed by atoms with Gasteiger partial charge in [0.2, 0.25) is 5.88 Å². The van der Waals surface area contributed by atoms with Crippen molar-refractivity contribution in [3.05, 3.63) is 47.7 Å². The fraction of sp³-hybridized carbons (Fsp3) is 0.167. The van der Waals surface area contributed by atoms with E-state index in [4.69, 9.17) is 16.3 Å². The first-order chi connectivity index (χ1) is 8.20. The third-order valence-electron chi connectivity index (χ3n) is 2.20. The average Bonchev–Trinajstić information content (AvgIpc) is 2.34. The molecule has 0 saturated carbocycles. The molecule has 0 aliphatic heterocycles. The molecular formula is C12H10ClFN2O. The molecule has 0 saturated heterocycles. The quantitative estimate of drug-likeness (QED) is 0.785. The van der Waals surface area contributed by atoms with Gasteiger partial charge in [0.25, 0.3) is 0 Å². The molecule has 0 aromatic carbocycles. The van der Waals surface area contributed by atoms with Crippen LogP contribution in [0.25, 0.3) is 0 Å². The predicted octanol–water partition coefficient (Wildman–Crippen LogP) is 3.46. The summed E-state index contributed by atoms with van der Waals surface area (Å²) >= 11 is 5.71. The summed E-state index contributed by atoms with van der Waals surface area (Å²) in [5, 5.41) is 0. The van der Waals surface area contributed by atoms with Crippen molar-refractivity contribution < 1.29 is 9.13 Å². The summed E-state index contributed by atoms with van der Waals surface area (Å²) in [5.74, 6) is 0.589. The van der Waals surface area contributed by atoms with E-state index >= 15 is 0 Å². The molecule has 0 spiro atoms. The molecule has 2 aromatic heterocycles. The van der Waals surface area contributed by atoms with Gasteiger partial charge in [0.05, 0.1) is 17.8 Å². The smallest absolute Gasteiger partial charge is 0.223 e. The molecule has 0 fully saturated rings. The summed E-state index contributed by atoms with van der Waals surface area (Å²) in [7, 11) is 0. The zero-order valence-corrected chi connectivity index (χ0v) is 9.91. The maximum Gasteiger partial charge on any atom is 0.223 e. The molecule has 2 aromatic rings. The summed E-state index contributed by atoms with van der Waals surface area (Å²) in [5.41, 5.74) is 1.24. The third-order valence-corrected chi connectivity index (χ3v) is 2.49. The number of hydrogen-bond acceptors (Lipinski definition) is 3. The molecule has 88 valence electrons. The number of hydrogen-bond donors (Lipinski definition) is 0. The lowest BCUT2D eigenvalue weighted by atomic mass is 10.3. The maximum atomic E-state index is 13.0. The summed E-state index contributed by atoms with van der Waals surface area (Å²) in [4.78, 5) is 7.96. The van der Waals surface area contributed by atoms with Crippen LogP contribution in [0.4, 0.5) is 4.39 Å². The summed E-state index contributed by atoms with van der Waals surface area (Å²) < 4.78 is 18.5. The van der Waals surface area contributed by atoms with Gasteiger partial charge in [-0.2, -0.15) is 0 Å². The van der Waals surface area contributed by atoms with Gasteiger partial charge in [-0.3, -0.25) is 4.98 Å². The highest BCUT2D eigenvalue weighted by Gasteiger charge is 2.09. The van der Waals surface area contributed by atoms with Gasteiger partial charge < -0.3 is 4.74 Å². The monoisotopic (exact) mass is 252 g/mol. The van der Waals surface area contributed by atoms with Gasteiger partial charge in [-0.05, 0) is 25.1 Å². The first-order valence-electron chi connectivity index (χ1n) is 5.00.